The number of carboxylic acids is 3. The van der Waals surface area contributed by atoms with Crippen molar-refractivity contribution in [3.05, 3.63) is 0 Å². The standard InChI is InChI=1S/2C18H36O3.C2H4O3.Ti/c2*1-2-3-4-11-14-17(19)15-12-9-7-5-6-8-10-13-16-18(20)21;3-1-2(4)5;/h2*17,19H,2-16H2,1H3,(H,20,21);3H,1H2,(H,4,5);. The Balaban J connectivity index is -0.000000346. The van der Waals surface area contributed by atoms with Crippen LogP contribution in [0.25, 0.3) is 0 Å². The number of aliphatic hydroxyl groups excluding tert-OH is 3. The van der Waals surface area contributed by atoms with E-state index in [9.17, 15) is 19.8 Å². The summed E-state index contributed by atoms with van der Waals surface area (Å²) in [5.74, 6) is -2.54. The third-order valence-electron chi connectivity index (χ3n) is 8.27. The molecule has 0 aliphatic rings. The van der Waals surface area contributed by atoms with Crippen molar-refractivity contribution in [1.82, 2.24) is 0 Å². The molecule has 48 heavy (non-hydrogen) atoms. The zero-order valence-corrected chi connectivity index (χ0v) is 32.5. The second-order valence-corrected chi connectivity index (χ2v) is 13.1. The molecule has 10 heteroatoms. The van der Waals surface area contributed by atoms with Crippen molar-refractivity contribution < 1.29 is 66.7 Å². The Morgan fingerprint density at radius 1 is 0.396 bits per heavy atom. The second kappa shape index (κ2) is 46.0. The maximum Gasteiger partial charge on any atom is 0.329 e. The Labute approximate surface area is 309 Å². The van der Waals surface area contributed by atoms with Crippen LogP contribution in [0, 0.1) is 0 Å². The van der Waals surface area contributed by atoms with Gasteiger partial charge in [-0.2, -0.15) is 0 Å². The first-order chi connectivity index (χ1) is 22.6. The largest absolute Gasteiger partial charge is 0.481 e. The van der Waals surface area contributed by atoms with Gasteiger partial charge >= 0.3 is 17.9 Å². The van der Waals surface area contributed by atoms with Crippen molar-refractivity contribution in [2.45, 2.75) is 219 Å². The number of aliphatic hydroxyl groups is 3. The number of carboxylic acid groups (broad SMARTS) is 3. The van der Waals surface area contributed by atoms with Crippen molar-refractivity contribution in [3.63, 3.8) is 0 Å². The van der Waals surface area contributed by atoms with Gasteiger partial charge in [0.2, 0.25) is 0 Å². The number of carbonyl (C=O) groups is 3. The summed E-state index contributed by atoms with van der Waals surface area (Å²) in [5.41, 5.74) is 0. The first-order valence-corrected chi connectivity index (χ1v) is 19.2. The molecule has 2 atom stereocenters. The minimum atomic E-state index is -1.19. The molecule has 0 radical (unpaired) electrons. The van der Waals surface area contributed by atoms with Crippen molar-refractivity contribution in [2.75, 3.05) is 6.61 Å². The van der Waals surface area contributed by atoms with Gasteiger partial charge in [-0.25, -0.2) is 4.79 Å². The fraction of sp³-hybridized carbons (Fsp3) is 0.921. The Morgan fingerprint density at radius 2 is 0.604 bits per heavy atom. The maximum absolute atomic E-state index is 10.3. The number of aliphatic carboxylic acids is 3. The number of unbranched alkanes of at least 4 members (excludes halogenated alkanes) is 20. The normalized spacial score (nSPS) is 11.7. The predicted octanol–water partition coefficient (Wildman–Crippen LogP) is 9.67. The van der Waals surface area contributed by atoms with Gasteiger partial charge in [0.25, 0.3) is 0 Å². The van der Waals surface area contributed by atoms with E-state index < -0.39 is 24.5 Å². The summed E-state index contributed by atoms with van der Waals surface area (Å²) in [6.07, 6.45) is 32.5. The van der Waals surface area contributed by atoms with Crippen LogP contribution in [-0.2, 0) is 36.1 Å². The molecule has 2 unspecified atom stereocenters. The molecule has 0 fully saturated rings. The molecule has 0 bridgehead atoms. The molecule has 0 rings (SSSR count). The van der Waals surface area contributed by atoms with Crippen molar-refractivity contribution in [2.24, 2.45) is 0 Å². The van der Waals surface area contributed by atoms with Gasteiger partial charge < -0.3 is 30.6 Å². The zero-order valence-electron chi connectivity index (χ0n) is 31.0. The van der Waals surface area contributed by atoms with Crippen molar-refractivity contribution in [3.8, 4) is 0 Å². The summed E-state index contributed by atoms with van der Waals surface area (Å²) < 4.78 is 0. The van der Waals surface area contributed by atoms with Crippen LogP contribution in [0.2, 0.25) is 0 Å². The van der Waals surface area contributed by atoms with Crippen LogP contribution < -0.4 is 0 Å². The monoisotopic (exact) mass is 724 g/mol. The van der Waals surface area contributed by atoms with E-state index in [1.807, 2.05) is 0 Å². The van der Waals surface area contributed by atoms with Crippen LogP contribution in [0.1, 0.15) is 206 Å². The van der Waals surface area contributed by atoms with Gasteiger partial charge in [-0.3, -0.25) is 9.59 Å². The van der Waals surface area contributed by atoms with Crippen molar-refractivity contribution >= 4 is 17.9 Å². The Bertz CT molecular complexity index is 616. The Morgan fingerprint density at radius 3 is 0.812 bits per heavy atom. The zero-order chi connectivity index (χ0) is 35.8. The van der Waals surface area contributed by atoms with Crippen LogP contribution in [0.5, 0.6) is 0 Å². The summed E-state index contributed by atoms with van der Waals surface area (Å²) >= 11 is 0. The third-order valence-corrected chi connectivity index (χ3v) is 8.27. The van der Waals surface area contributed by atoms with Crippen LogP contribution in [0.4, 0.5) is 0 Å². The molecular weight excluding hydrogens is 648 g/mol. The van der Waals surface area contributed by atoms with E-state index in [2.05, 4.69) is 13.8 Å². The minimum Gasteiger partial charge on any atom is -0.481 e. The van der Waals surface area contributed by atoms with E-state index >= 15 is 0 Å². The summed E-state index contributed by atoms with van der Waals surface area (Å²) in [5, 5.41) is 51.7. The Kier molecular flexibility index (Phi) is 51.6. The Hall–Kier alpha value is -0.996. The van der Waals surface area contributed by atoms with E-state index in [0.717, 1.165) is 77.0 Å². The number of rotatable bonds is 33. The van der Waals surface area contributed by atoms with Gasteiger partial charge in [-0.1, -0.05) is 155 Å². The first-order valence-electron chi connectivity index (χ1n) is 19.2. The summed E-state index contributed by atoms with van der Waals surface area (Å²) in [6, 6.07) is 0. The quantitative estimate of drug-likeness (QED) is 0.0285. The van der Waals surface area contributed by atoms with E-state index in [4.69, 9.17) is 25.2 Å². The summed E-state index contributed by atoms with van der Waals surface area (Å²) in [6.45, 7) is 3.64. The van der Waals surface area contributed by atoms with Crippen LogP contribution in [0.15, 0.2) is 0 Å². The van der Waals surface area contributed by atoms with Crippen LogP contribution in [-0.4, -0.2) is 67.4 Å². The summed E-state index contributed by atoms with van der Waals surface area (Å²) in [7, 11) is 0. The molecule has 0 amide bonds. The molecule has 0 saturated carbocycles. The molecule has 0 heterocycles. The SMILES string of the molecule is CCCCCCC(O)CCCCCCCCCCC(=O)O.CCCCCCC(O)CCCCCCCCCCC(=O)O.O=C(O)CO.[Ti]. The molecular formula is C38H76O9Ti. The van der Waals surface area contributed by atoms with Gasteiger partial charge in [-0.05, 0) is 38.5 Å². The van der Waals surface area contributed by atoms with Crippen LogP contribution in [0.3, 0.4) is 0 Å². The van der Waals surface area contributed by atoms with Gasteiger partial charge in [0, 0.05) is 34.6 Å². The average molecular weight is 725 g/mol. The fourth-order valence-electron chi connectivity index (χ4n) is 5.34. The number of hydrogen-bond acceptors (Lipinski definition) is 6. The van der Waals surface area contributed by atoms with Crippen LogP contribution >= 0.6 is 0 Å². The maximum atomic E-state index is 10.3. The molecule has 0 aliphatic heterocycles. The summed E-state index contributed by atoms with van der Waals surface area (Å²) in [4.78, 5) is 29.8. The van der Waals surface area contributed by atoms with E-state index in [0.29, 0.717) is 12.8 Å². The molecule has 9 nitrogen and oxygen atoms in total. The van der Waals surface area contributed by atoms with Gasteiger partial charge in [0.1, 0.15) is 6.61 Å². The van der Waals surface area contributed by atoms with E-state index in [1.54, 1.807) is 0 Å². The van der Waals surface area contributed by atoms with Gasteiger partial charge in [0.15, 0.2) is 0 Å². The van der Waals surface area contributed by atoms with Crippen molar-refractivity contribution in [1.29, 1.82) is 0 Å². The second-order valence-electron chi connectivity index (χ2n) is 13.1. The topological polar surface area (TPSA) is 173 Å². The predicted molar refractivity (Wildman–Crippen MR) is 192 cm³/mol. The van der Waals surface area contributed by atoms with E-state index in [1.165, 1.54) is 103 Å². The molecule has 0 aromatic carbocycles. The molecule has 0 aromatic rings. The molecule has 0 spiro atoms. The first kappa shape index (κ1) is 53.8. The molecule has 0 aromatic heterocycles. The number of hydrogen-bond donors (Lipinski definition) is 6. The minimum absolute atomic E-state index is 0. The smallest absolute Gasteiger partial charge is 0.329 e. The molecule has 286 valence electrons. The molecule has 0 saturated heterocycles. The fourth-order valence-corrected chi connectivity index (χ4v) is 5.34. The third kappa shape index (κ3) is 57.3. The molecule has 6 N–H and O–H groups in total. The average Bonchev–Trinajstić information content (AvgIpc) is 3.03. The molecule has 0 aliphatic carbocycles. The van der Waals surface area contributed by atoms with Gasteiger partial charge in [-0.15, -0.1) is 0 Å². The van der Waals surface area contributed by atoms with Gasteiger partial charge in [0.05, 0.1) is 12.2 Å². The van der Waals surface area contributed by atoms with E-state index in [-0.39, 0.29) is 33.9 Å².